The molecule has 3 aromatic rings. The standard InChI is InChI=1S/C36H47N9O7S3/c1-36(2,3)25-15-40-29(52-25)20-53-30-17-41-35(55-30)43-32(49)21-7-11-44(12-8-21)19-28(48)38-10-4-9-37-16-27(47)39-14-23-13-22-18-45(34(51)31(22)54-23)24-5-6-26(46)42-33(24)50/h13,15,17,21,24,37H,4-12,14,16,18-20H2,1-3H3,(H,38,48)(H,39,47)(H,41,43,49)(H,42,46,50). The summed E-state index contributed by atoms with van der Waals surface area (Å²) in [5.41, 5.74) is 0.726. The number of oxazole rings is 1. The molecule has 0 radical (unpaired) electrons. The van der Waals surface area contributed by atoms with E-state index in [1.54, 1.807) is 24.2 Å². The number of thioether (sulfide) groups is 1. The van der Waals surface area contributed by atoms with E-state index >= 15 is 0 Å². The first-order chi connectivity index (χ1) is 26.3. The SMILES string of the molecule is CC(C)(C)c1cnc(CSc2cnc(NC(=O)C3CCN(CC(=O)NCCCNCC(=O)NCc4cc5c(s4)C(=O)N(C4CCC(=O)NC4=O)C5)CC3)s2)o1. The number of aromatic nitrogens is 2. The zero-order chi connectivity index (χ0) is 39.1. The summed E-state index contributed by atoms with van der Waals surface area (Å²) < 4.78 is 6.82. The molecule has 0 saturated carbocycles. The summed E-state index contributed by atoms with van der Waals surface area (Å²) in [7, 11) is 0. The third-order valence-corrected chi connectivity index (χ3v) is 12.8. The van der Waals surface area contributed by atoms with Crippen LogP contribution in [0.25, 0.3) is 0 Å². The first kappa shape index (κ1) is 40.5. The molecule has 2 saturated heterocycles. The number of anilines is 1. The Morgan fingerprint density at radius 2 is 1.82 bits per heavy atom. The molecule has 1 atom stereocenters. The third kappa shape index (κ3) is 11.0. The smallest absolute Gasteiger partial charge is 0.265 e. The van der Waals surface area contributed by atoms with Gasteiger partial charge in [0, 0.05) is 35.7 Å². The average molecular weight is 814 g/mol. The molecule has 0 bridgehead atoms. The minimum Gasteiger partial charge on any atom is -0.444 e. The molecule has 3 aliphatic rings. The van der Waals surface area contributed by atoms with Crippen molar-refractivity contribution in [1.29, 1.82) is 0 Å². The lowest BCUT2D eigenvalue weighted by Gasteiger charge is -2.30. The summed E-state index contributed by atoms with van der Waals surface area (Å²) in [5.74, 6) is 0.652. The van der Waals surface area contributed by atoms with Gasteiger partial charge in [-0.2, -0.15) is 0 Å². The first-order valence-electron chi connectivity index (χ1n) is 18.4. The number of carbonyl (C=O) groups excluding carboxylic acids is 6. The van der Waals surface area contributed by atoms with Gasteiger partial charge >= 0.3 is 0 Å². The van der Waals surface area contributed by atoms with E-state index < -0.39 is 11.9 Å². The maximum atomic E-state index is 12.9. The molecule has 0 spiro atoms. The highest BCUT2D eigenvalue weighted by molar-refractivity contribution is 8.00. The Morgan fingerprint density at radius 1 is 1.02 bits per heavy atom. The van der Waals surface area contributed by atoms with Crippen LogP contribution in [0.2, 0.25) is 0 Å². The highest BCUT2D eigenvalue weighted by Gasteiger charge is 2.40. The number of carbonyl (C=O) groups is 6. The number of piperidine rings is 2. The van der Waals surface area contributed by atoms with Gasteiger partial charge in [-0.25, -0.2) is 9.97 Å². The second-order valence-electron chi connectivity index (χ2n) is 14.8. The Morgan fingerprint density at radius 3 is 2.55 bits per heavy atom. The summed E-state index contributed by atoms with van der Waals surface area (Å²) in [6, 6.07) is 1.23. The molecule has 296 valence electrons. The van der Waals surface area contributed by atoms with Crippen molar-refractivity contribution < 1.29 is 33.2 Å². The lowest BCUT2D eigenvalue weighted by atomic mass is 9.94. The van der Waals surface area contributed by atoms with Crippen molar-refractivity contribution in [3.8, 4) is 0 Å². The summed E-state index contributed by atoms with van der Waals surface area (Å²) in [4.78, 5) is 88.1. The van der Waals surface area contributed by atoms with E-state index in [0.29, 0.717) is 86.6 Å². The highest BCUT2D eigenvalue weighted by atomic mass is 32.2. The van der Waals surface area contributed by atoms with Gasteiger partial charge in [-0.3, -0.25) is 39.0 Å². The van der Waals surface area contributed by atoms with Gasteiger partial charge in [-0.15, -0.1) is 23.1 Å². The number of nitrogens with one attached hydrogen (secondary N) is 5. The summed E-state index contributed by atoms with van der Waals surface area (Å²) in [5, 5.41) is 14.7. The number of hydrogen-bond acceptors (Lipinski definition) is 14. The molecule has 5 N–H and O–H groups in total. The minimum absolute atomic E-state index is 0.0508. The molecule has 55 heavy (non-hydrogen) atoms. The van der Waals surface area contributed by atoms with Crippen molar-refractivity contribution in [1.82, 2.24) is 41.0 Å². The first-order valence-corrected chi connectivity index (χ1v) is 21.0. The van der Waals surface area contributed by atoms with Crippen molar-refractivity contribution in [3.05, 3.63) is 45.4 Å². The number of rotatable bonds is 16. The normalized spacial score (nSPS) is 18.0. The molecule has 3 aromatic heterocycles. The molecule has 6 rings (SSSR count). The van der Waals surface area contributed by atoms with E-state index in [0.717, 1.165) is 20.4 Å². The fourth-order valence-corrected chi connectivity index (χ4v) is 9.24. The average Bonchev–Trinajstić information content (AvgIpc) is 3.94. The Kier molecular flexibility index (Phi) is 13.4. The highest BCUT2D eigenvalue weighted by Crippen LogP contribution is 2.34. The number of thiazole rings is 1. The monoisotopic (exact) mass is 813 g/mol. The molecule has 16 nitrogen and oxygen atoms in total. The van der Waals surface area contributed by atoms with E-state index in [9.17, 15) is 28.8 Å². The van der Waals surface area contributed by atoms with Crippen LogP contribution in [0, 0.1) is 5.92 Å². The molecular weight excluding hydrogens is 767 g/mol. The molecule has 3 aliphatic heterocycles. The van der Waals surface area contributed by atoms with E-state index in [4.69, 9.17) is 4.42 Å². The van der Waals surface area contributed by atoms with Crippen LogP contribution >= 0.6 is 34.4 Å². The maximum Gasteiger partial charge on any atom is 0.265 e. The number of thiophene rings is 1. The Bertz CT molecular complexity index is 1890. The van der Waals surface area contributed by atoms with Crippen LogP contribution in [0.3, 0.4) is 0 Å². The van der Waals surface area contributed by atoms with Gasteiger partial charge in [0.25, 0.3) is 5.91 Å². The molecule has 6 heterocycles. The van der Waals surface area contributed by atoms with Crippen molar-refractivity contribution in [2.24, 2.45) is 5.92 Å². The predicted octanol–water partition coefficient (Wildman–Crippen LogP) is 2.61. The van der Waals surface area contributed by atoms with E-state index in [-0.39, 0.29) is 60.4 Å². The van der Waals surface area contributed by atoms with Gasteiger partial charge in [0.15, 0.2) is 5.13 Å². The van der Waals surface area contributed by atoms with Crippen LogP contribution in [-0.2, 0) is 48.2 Å². The zero-order valence-corrected chi connectivity index (χ0v) is 33.6. The summed E-state index contributed by atoms with van der Waals surface area (Å²) in [6.07, 6.45) is 6.02. The molecule has 0 aliphatic carbocycles. The minimum atomic E-state index is -0.646. The van der Waals surface area contributed by atoms with Crippen molar-refractivity contribution in [2.45, 2.75) is 87.4 Å². The van der Waals surface area contributed by atoms with E-state index in [1.165, 1.54) is 27.6 Å². The second kappa shape index (κ2) is 18.2. The Labute approximate surface area is 331 Å². The van der Waals surface area contributed by atoms with Gasteiger partial charge in [0.2, 0.25) is 35.4 Å². The number of fused-ring (bicyclic) bond motifs is 1. The number of imide groups is 1. The lowest BCUT2D eigenvalue weighted by Crippen LogP contribution is -2.52. The van der Waals surface area contributed by atoms with Crippen LogP contribution in [0.5, 0.6) is 0 Å². The van der Waals surface area contributed by atoms with E-state index in [2.05, 4.69) is 62.2 Å². The molecule has 2 fully saturated rings. The largest absolute Gasteiger partial charge is 0.444 e. The van der Waals surface area contributed by atoms with E-state index in [1.807, 2.05) is 6.07 Å². The van der Waals surface area contributed by atoms with Crippen LogP contribution in [0.4, 0.5) is 5.13 Å². The van der Waals surface area contributed by atoms with Gasteiger partial charge in [-0.1, -0.05) is 32.1 Å². The Hall–Kier alpha value is -4.17. The number of hydrogen-bond donors (Lipinski definition) is 5. The van der Waals surface area contributed by atoms with Gasteiger partial charge in [-0.05, 0) is 56.9 Å². The molecule has 1 unspecified atom stereocenters. The number of nitrogens with zero attached hydrogens (tertiary/aromatic N) is 4. The lowest BCUT2D eigenvalue weighted by molar-refractivity contribution is -0.137. The quantitative estimate of drug-likeness (QED) is 0.0804. The summed E-state index contributed by atoms with van der Waals surface area (Å²) >= 11 is 4.29. The topological polar surface area (TPSA) is 208 Å². The predicted molar refractivity (Wildman–Crippen MR) is 207 cm³/mol. The fourth-order valence-electron chi connectivity index (χ4n) is 6.44. The van der Waals surface area contributed by atoms with Gasteiger partial charge in [0.05, 0.1) is 46.9 Å². The maximum absolute atomic E-state index is 12.9. The zero-order valence-electron chi connectivity index (χ0n) is 31.2. The summed E-state index contributed by atoms with van der Waals surface area (Å²) in [6.45, 7) is 9.55. The molecule has 6 amide bonds. The third-order valence-electron chi connectivity index (χ3n) is 9.51. The van der Waals surface area contributed by atoms with Crippen molar-refractivity contribution in [2.75, 3.05) is 44.6 Å². The van der Waals surface area contributed by atoms with Gasteiger partial charge < -0.3 is 30.6 Å². The van der Waals surface area contributed by atoms with Crippen molar-refractivity contribution >= 4 is 75.0 Å². The molecular formula is C36H47N9O7S3. The van der Waals surface area contributed by atoms with Crippen LogP contribution in [0.1, 0.15) is 84.6 Å². The van der Waals surface area contributed by atoms with Crippen LogP contribution in [0.15, 0.2) is 27.1 Å². The number of amides is 6. The second-order valence-corrected chi connectivity index (χ2v) is 18.2. The molecule has 0 aromatic carbocycles. The van der Waals surface area contributed by atoms with Gasteiger partial charge in [0.1, 0.15) is 11.8 Å². The number of likely N-dealkylation sites (tertiary alicyclic amines) is 1. The molecule has 19 heteroatoms. The van der Waals surface area contributed by atoms with Crippen LogP contribution in [-0.4, -0.2) is 101 Å². The fraction of sp³-hybridized carbons (Fsp3) is 0.556. The van der Waals surface area contributed by atoms with Crippen LogP contribution < -0.4 is 26.6 Å². The Balaban J connectivity index is 0.786. The van der Waals surface area contributed by atoms with Crippen molar-refractivity contribution in [3.63, 3.8) is 0 Å².